The van der Waals surface area contributed by atoms with Crippen molar-refractivity contribution in [2.75, 3.05) is 19.6 Å². The Morgan fingerprint density at radius 1 is 1.17 bits per heavy atom. The second kappa shape index (κ2) is 7.33. The molecule has 1 aromatic carbocycles. The molecule has 2 heterocycles. The van der Waals surface area contributed by atoms with Gasteiger partial charge in [-0.3, -0.25) is 9.78 Å². The number of hydrogen-bond donors (Lipinski definition) is 1. The van der Waals surface area contributed by atoms with Crippen molar-refractivity contribution in [1.82, 2.24) is 20.2 Å². The van der Waals surface area contributed by atoms with Crippen LogP contribution >= 0.6 is 0 Å². The third-order valence-corrected chi connectivity index (χ3v) is 4.16. The summed E-state index contributed by atoms with van der Waals surface area (Å²) in [6, 6.07) is 10.1. The zero-order valence-corrected chi connectivity index (χ0v) is 13.4. The van der Waals surface area contributed by atoms with E-state index in [1.54, 1.807) is 6.20 Å². The monoisotopic (exact) mass is 310 g/mol. The van der Waals surface area contributed by atoms with Crippen molar-refractivity contribution in [3.8, 4) is 0 Å². The van der Waals surface area contributed by atoms with E-state index in [1.807, 2.05) is 25.1 Å². The highest BCUT2D eigenvalue weighted by Crippen LogP contribution is 2.18. The lowest BCUT2D eigenvalue weighted by Gasteiger charge is -2.24. The number of amides is 1. The van der Waals surface area contributed by atoms with E-state index in [0.29, 0.717) is 5.69 Å². The molecule has 0 unspecified atom stereocenters. The largest absolute Gasteiger partial charge is 0.343 e. The minimum absolute atomic E-state index is 0.0371. The second-order valence-corrected chi connectivity index (χ2v) is 5.99. The highest BCUT2D eigenvalue weighted by molar-refractivity contribution is 5.92. The van der Waals surface area contributed by atoms with Gasteiger partial charge in [-0.25, -0.2) is 4.98 Å². The topological polar surface area (TPSA) is 58.1 Å². The molecule has 1 amide bonds. The molecule has 2 aromatic rings. The van der Waals surface area contributed by atoms with Crippen molar-refractivity contribution in [2.45, 2.75) is 25.8 Å². The van der Waals surface area contributed by atoms with Crippen LogP contribution < -0.4 is 5.32 Å². The molecule has 0 spiro atoms. The van der Waals surface area contributed by atoms with Crippen LogP contribution in [0.3, 0.4) is 0 Å². The number of carbonyl (C=O) groups is 1. The summed E-state index contributed by atoms with van der Waals surface area (Å²) in [7, 11) is 0. The number of hydrogen-bond acceptors (Lipinski definition) is 4. The maximum Gasteiger partial charge on any atom is 0.272 e. The van der Waals surface area contributed by atoms with Crippen molar-refractivity contribution in [3.63, 3.8) is 0 Å². The summed E-state index contributed by atoms with van der Waals surface area (Å²) >= 11 is 0. The van der Waals surface area contributed by atoms with Crippen molar-refractivity contribution < 1.29 is 4.79 Å². The van der Waals surface area contributed by atoms with Crippen LogP contribution in [0.2, 0.25) is 0 Å². The molecule has 23 heavy (non-hydrogen) atoms. The van der Waals surface area contributed by atoms with Gasteiger partial charge in [0.2, 0.25) is 0 Å². The average Bonchev–Trinajstić information content (AvgIpc) is 3.09. The van der Waals surface area contributed by atoms with Gasteiger partial charge in [-0.05, 0) is 38.4 Å². The molecule has 1 fully saturated rings. The summed E-state index contributed by atoms with van der Waals surface area (Å²) in [4.78, 5) is 23.2. The van der Waals surface area contributed by atoms with Gasteiger partial charge in [0.25, 0.3) is 5.91 Å². The fourth-order valence-electron chi connectivity index (χ4n) is 2.89. The van der Waals surface area contributed by atoms with E-state index in [1.165, 1.54) is 19.0 Å². The van der Waals surface area contributed by atoms with Gasteiger partial charge in [0.05, 0.1) is 17.9 Å². The number of carbonyl (C=O) groups excluding carboxylic acids is 1. The van der Waals surface area contributed by atoms with Gasteiger partial charge in [-0.2, -0.15) is 0 Å². The highest BCUT2D eigenvalue weighted by atomic mass is 16.1. The molecule has 1 aliphatic heterocycles. The quantitative estimate of drug-likeness (QED) is 0.921. The highest BCUT2D eigenvalue weighted by Gasteiger charge is 2.21. The molecule has 1 saturated heterocycles. The van der Waals surface area contributed by atoms with Crippen LogP contribution in [0.5, 0.6) is 0 Å². The summed E-state index contributed by atoms with van der Waals surface area (Å²) < 4.78 is 0. The van der Waals surface area contributed by atoms with Gasteiger partial charge in [0.1, 0.15) is 5.69 Å². The first kappa shape index (κ1) is 15.6. The number of aryl methyl sites for hydroxylation is 1. The van der Waals surface area contributed by atoms with Gasteiger partial charge < -0.3 is 10.2 Å². The molecule has 0 saturated carbocycles. The van der Waals surface area contributed by atoms with Crippen LogP contribution in [-0.4, -0.2) is 40.4 Å². The number of nitrogens with one attached hydrogen (secondary N) is 1. The first-order valence-corrected chi connectivity index (χ1v) is 8.09. The lowest BCUT2D eigenvalue weighted by Crippen LogP contribution is -2.37. The Hall–Kier alpha value is -2.27. The van der Waals surface area contributed by atoms with Crippen molar-refractivity contribution in [1.29, 1.82) is 0 Å². The zero-order valence-electron chi connectivity index (χ0n) is 13.4. The van der Waals surface area contributed by atoms with Crippen molar-refractivity contribution in [2.24, 2.45) is 0 Å². The normalized spacial score (nSPS) is 16.2. The van der Waals surface area contributed by atoms with E-state index >= 15 is 0 Å². The molecular formula is C18H22N4O. The summed E-state index contributed by atoms with van der Waals surface area (Å²) in [5, 5.41) is 3.11. The molecule has 0 radical (unpaired) electrons. The molecule has 1 aliphatic rings. The minimum Gasteiger partial charge on any atom is -0.343 e. The van der Waals surface area contributed by atoms with Crippen LogP contribution in [-0.2, 0) is 0 Å². The molecule has 1 N–H and O–H groups in total. The molecule has 3 rings (SSSR count). The van der Waals surface area contributed by atoms with E-state index in [4.69, 9.17) is 0 Å². The van der Waals surface area contributed by atoms with E-state index in [-0.39, 0.29) is 11.9 Å². The molecule has 0 bridgehead atoms. The van der Waals surface area contributed by atoms with E-state index in [9.17, 15) is 4.79 Å². The Bertz CT molecular complexity index is 636. The van der Waals surface area contributed by atoms with Gasteiger partial charge in [-0.15, -0.1) is 0 Å². The third kappa shape index (κ3) is 4.13. The van der Waals surface area contributed by atoms with E-state index in [2.05, 4.69) is 32.3 Å². The predicted octanol–water partition coefficient (Wildman–Crippen LogP) is 2.35. The van der Waals surface area contributed by atoms with Gasteiger partial charge in [0, 0.05) is 12.7 Å². The summed E-state index contributed by atoms with van der Waals surface area (Å²) in [5.41, 5.74) is 2.28. The first-order valence-electron chi connectivity index (χ1n) is 8.09. The SMILES string of the molecule is Cc1cnc(C(=O)N[C@H](CN2CCCC2)c2ccccc2)cn1. The van der Waals surface area contributed by atoms with Gasteiger partial charge in [-0.1, -0.05) is 30.3 Å². The summed E-state index contributed by atoms with van der Waals surface area (Å²) in [5.74, 6) is -0.175. The third-order valence-electron chi connectivity index (χ3n) is 4.16. The number of rotatable bonds is 5. The lowest BCUT2D eigenvalue weighted by atomic mass is 10.1. The second-order valence-electron chi connectivity index (χ2n) is 5.99. The first-order chi connectivity index (χ1) is 11.2. The van der Waals surface area contributed by atoms with Crippen molar-refractivity contribution in [3.05, 3.63) is 59.7 Å². The average molecular weight is 310 g/mol. The van der Waals surface area contributed by atoms with E-state index < -0.39 is 0 Å². The van der Waals surface area contributed by atoms with Crippen LogP contribution in [0, 0.1) is 6.92 Å². The Kier molecular flexibility index (Phi) is 4.98. The maximum atomic E-state index is 12.5. The van der Waals surface area contributed by atoms with Crippen LogP contribution in [0.15, 0.2) is 42.7 Å². The zero-order chi connectivity index (χ0) is 16.1. The number of aromatic nitrogens is 2. The molecule has 1 atom stereocenters. The standard InChI is InChI=1S/C18H22N4O/c1-14-11-20-16(12-19-14)18(23)21-17(13-22-9-5-6-10-22)15-7-3-2-4-8-15/h2-4,7-8,11-12,17H,5-6,9-10,13H2,1H3,(H,21,23)/t17-/m1/s1. The molecule has 5 heteroatoms. The minimum atomic E-state index is -0.175. The smallest absolute Gasteiger partial charge is 0.272 e. The van der Waals surface area contributed by atoms with Crippen LogP contribution in [0.25, 0.3) is 0 Å². The summed E-state index contributed by atoms with van der Waals surface area (Å²) in [6.07, 6.45) is 5.62. The molecule has 0 aliphatic carbocycles. The fourth-order valence-corrected chi connectivity index (χ4v) is 2.89. The molecular weight excluding hydrogens is 288 g/mol. The van der Waals surface area contributed by atoms with E-state index in [0.717, 1.165) is 30.9 Å². The predicted molar refractivity (Wildman–Crippen MR) is 89.1 cm³/mol. The number of likely N-dealkylation sites (tertiary alicyclic amines) is 1. The Balaban J connectivity index is 1.74. The fraction of sp³-hybridized carbons (Fsp3) is 0.389. The summed E-state index contributed by atoms with van der Waals surface area (Å²) in [6.45, 7) is 4.89. The van der Waals surface area contributed by atoms with Gasteiger partial charge >= 0.3 is 0 Å². The van der Waals surface area contributed by atoms with Crippen LogP contribution in [0.4, 0.5) is 0 Å². The maximum absolute atomic E-state index is 12.5. The molecule has 5 nitrogen and oxygen atoms in total. The van der Waals surface area contributed by atoms with Gasteiger partial charge in [0.15, 0.2) is 0 Å². The number of nitrogens with zero attached hydrogens (tertiary/aromatic N) is 3. The number of benzene rings is 1. The Morgan fingerprint density at radius 2 is 1.91 bits per heavy atom. The Morgan fingerprint density at radius 3 is 2.57 bits per heavy atom. The molecule has 120 valence electrons. The lowest BCUT2D eigenvalue weighted by molar-refractivity contribution is 0.0921. The Labute approximate surface area is 136 Å². The van der Waals surface area contributed by atoms with Crippen molar-refractivity contribution >= 4 is 5.91 Å². The molecule has 1 aromatic heterocycles. The van der Waals surface area contributed by atoms with Crippen LogP contribution in [0.1, 0.15) is 40.6 Å².